The Labute approximate surface area is 142 Å². The van der Waals surface area contributed by atoms with Gasteiger partial charge in [0.1, 0.15) is 10.7 Å². The van der Waals surface area contributed by atoms with Gasteiger partial charge in [0.25, 0.3) is 0 Å². The summed E-state index contributed by atoms with van der Waals surface area (Å²) in [5.74, 6) is -0.123. The first-order valence-electron chi connectivity index (χ1n) is 8.39. The number of hydrogen-bond donors (Lipinski definition) is 1. The van der Waals surface area contributed by atoms with Crippen LogP contribution in [0.5, 0.6) is 0 Å². The Bertz CT molecular complexity index is 729. The molecule has 2 aliphatic rings. The Hall–Kier alpha value is -1.63. The van der Waals surface area contributed by atoms with Gasteiger partial charge < -0.3 is 10.2 Å². The van der Waals surface area contributed by atoms with Crippen LogP contribution in [0.3, 0.4) is 0 Å². The van der Waals surface area contributed by atoms with Crippen molar-refractivity contribution in [3.8, 4) is 0 Å². The van der Waals surface area contributed by atoms with Gasteiger partial charge in [-0.2, -0.15) is 0 Å². The fourth-order valence-corrected chi connectivity index (χ4v) is 4.88. The highest BCUT2D eigenvalue weighted by atomic mass is 32.2. The number of halogens is 1. The van der Waals surface area contributed by atoms with Crippen LogP contribution in [0.4, 0.5) is 4.39 Å². The van der Waals surface area contributed by atoms with Crippen LogP contribution in [-0.4, -0.2) is 51.7 Å². The van der Waals surface area contributed by atoms with Gasteiger partial charge >= 0.3 is 0 Å². The smallest absolute Gasteiger partial charge is 0.193 e. The maximum absolute atomic E-state index is 13.7. The summed E-state index contributed by atoms with van der Waals surface area (Å²) in [6.45, 7) is 2.17. The fraction of sp³-hybridized carbons (Fsp3) is 0.588. The molecule has 0 bridgehead atoms. The molecule has 24 heavy (non-hydrogen) atoms. The standard InChI is InChI=1S/C17H24FN3O2S/c1-19-16(21-11-9-17(13-21)7-4-8-17)20-10-12-24(22,23)15-6-3-2-5-14(15)18/h2-3,5-6H,4,7-13H2,1H3,(H,19,20). The molecule has 7 heteroatoms. The predicted molar refractivity (Wildman–Crippen MR) is 92.3 cm³/mol. The van der Waals surface area contributed by atoms with Gasteiger partial charge in [-0.15, -0.1) is 0 Å². The lowest BCUT2D eigenvalue weighted by atomic mass is 9.68. The van der Waals surface area contributed by atoms with Crippen molar-refractivity contribution in [3.05, 3.63) is 30.1 Å². The van der Waals surface area contributed by atoms with Crippen LogP contribution < -0.4 is 5.32 Å². The minimum atomic E-state index is -3.65. The average molecular weight is 353 g/mol. The van der Waals surface area contributed by atoms with Gasteiger partial charge in [0.2, 0.25) is 0 Å². The van der Waals surface area contributed by atoms with Crippen LogP contribution in [0.2, 0.25) is 0 Å². The highest BCUT2D eigenvalue weighted by Gasteiger charge is 2.43. The third-order valence-corrected chi connectivity index (χ3v) is 6.93. The van der Waals surface area contributed by atoms with Crippen molar-refractivity contribution < 1.29 is 12.8 Å². The first-order valence-corrected chi connectivity index (χ1v) is 10.0. The summed E-state index contributed by atoms with van der Waals surface area (Å²) in [5, 5.41) is 3.12. The number of hydrogen-bond acceptors (Lipinski definition) is 3. The molecule has 5 nitrogen and oxygen atoms in total. The van der Waals surface area contributed by atoms with Gasteiger partial charge in [-0.25, -0.2) is 12.8 Å². The van der Waals surface area contributed by atoms with Crippen molar-refractivity contribution in [1.29, 1.82) is 0 Å². The summed E-state index contributed by atoms with van der Waals surface area (Å²) in [7, 11) is -1.94. The second kappa shape index (κ2) is 6.70. The lowest BCUT2D eigenvalue weighted by Gasteiger charge is -2.38. The summed E-state index contributed by atoms with van der Waals surface area (Å²) in [4.78, 5) is 6.23. The Morgan fingerprint density at radius 3 is 2.67 bits per heavy atom. The topological polar surface area (TPSA) is 61.8 Å². The number of aliphatic imine (C=N–C) groups is 1. The molecule has 1 saturated heterocycles. The molecule has 2 fully saturated rings. The van der Waals surface area contributed by atoms with Crippen molar-refractivity contribution in [2.45, 2.75) is 30.6 Å². The summed E-state index contributed by atoms with van der Waals surface area (Å²) in [6.07, 6.45) is 5.05. The Morgan fingerprint density at radius 2 is 2.08 bits per heavy atom. The van der Waals surface area contributed by atoms with Gasteiger partial charge in [0.05, 0.1) is 5.75 Å². The molecule has 3 rings (SSSR count). The fourth-order valence-electron chi connectivity index (χ4n) is 3.64. The maximum atomic E-state index is 13.7. The van der Waals surface area contributed by atoms with Crippen molar-refractivity contribution >= 4 is 15.8 Å². The maximum Gasteiger partial charge on any atom is 0.193 e. The lowest BCUT2D eigenvalue weighted by Crippen LogP contribution is -2.43. The Balaban J connectivity index is 1.56. The van der Waals surface area contributed by atoms with E-state index in [2.05, 4.69) is 15.2 Å². The molecule has 1 aliphatic carbocycles. The molecular weight excluding hydrogens is 329 g/mol. The summed E-state index contributed by atoms with van der Waals surface area (Å²) in [6, 6.07) is 5.49. The quantitative estimate of drug-likeness (QED) is 0.665. The monoisotopic (exact) mass is 353 g/mol. The minimum Gasteiger partial charge on any atom is -0.355 e. The highest BCUT2D eigenvalue weighted by molar-refractivity contribution is 7.91. The normalized spacial score (nSPS) is 20.2. The zero-order chi connectivity index (χ0) is 17.2. The Morgan fingerprint density at radius 1 is 1.33 bits per heavy atom. The largest absolute Gasteiger partial charge is 0.355 e. The summed E-state index contributed by atoms with van der Waals surface area (Å²) >= 11 is 0. The molecule has 0 radical (unpaired) electrons. The average Bonchev–Trinajstić information content (AvgIpc) is 2.97. The molecule has 0 unspecified atom stereocenters. The van der Waals surface area contributed by atoms with E-state index in [1.54, 1.807) is 7.05 Å². The first kappa shape index (κ1) is 17.2. The number of nitrogens with zero attached hydrogens (tertiary/aromatic N) is 2. The molecule has 0 atom stereocenters. The number of benzene rings is 1. The van der Waals surface area contributed by atoms with Crippen molar-refractivity contribution in [3.63, 3.8) is 0 Å². The SMILES string of the molecule is CN=C(NCCS(=O)(=O)c1ccccc1F)N1CCC2(CCC2)C1. The number of nitrogens with one attached hydrogen (secondary N) is 1. The molecule has 1 heterocycles. The van der Waals surface area contributed by atoms with E-state index in [0.717, 1.165) is 19.0 Å². The third-order valence-electron chi connectivity index (χ3n) is 5.19. The summed E-state index contributed by atoms with van der Waals surface area (Å²) in [5.41, 5.74) is 0.455. The van der Waals surface area contributed by atoms with E-state index >= 15 is 0 Å². The number of guanidine groups is 1. The molecule has 1 spiro atoms. The van der Waals surface area contributed by atoms with E-state index in [1.165, 1.54) is 49.9 Å². The zero-order valence-corrected chi connectivity index (χ0v) is 14.8. The van der Waals surface area contributed by atoms with E-state index in [0.29, 0.717) is 5.41 Å². The van der Waals surface area contributed by atoms with E-state index in [-0.39, 0.29) is 17.2 Å². The van der Waals surface area contributed by atoms with E-state index in [9.17, 15) is 12.8 Å². The second-order valence-corrected chi connectivity index (χ2v) is 8.83. The van der Waals surface area contributed by atoms with Crippen LogP contribution in [0.1, 0.15) is 25.7 Å². The molecule has 1 saturated carbocycles. The number of sulfone groups is 1. The lowest BCUT2D eigenvalue weighted by molar-refractivity contribution is 0.151. The number of rotatable bonds is 4. The second-order valence-electron chi connectivity index (χ2n) is 6.75. The minimum absolute atomic E-state index is 0.161. The third kappa shape index (κ3) is 3.41. The molecule has 0 aromatic heterocycles. The van der Waals surface area contributed by atoms with Crippen LogP contribution >= 0.6 is 0 Å². The Kier molecular flexibility index (Phi) is 4.80. The van der Waals surface area contributed by atoms with E-state index in [1.807, 2.05) is 0 Å². The first-order chi connectivity index (χ1) is 11.5. The van der Waals surface area contributed by atoms with E-state index in [4.69, 9.17) is 0 Å². The molecule has 1 aromatic rings. The van der Waals surface area contributed by atoms with Gasteiger partial charge in [-0.1, -0.05) is 18.6 Å². The van der Waals surface area contributed by atoms with Crippen LogP contribution in [0.15, 0.2) is 34.2 Å². The van der Waals surface area contributed by atoms with Crippen molar-refractivity contribution in [1.82, 2.24) is 10.2 Å². The van der Waals surface area contributed by atoms with Gasteiger partial charge in [-0.05, 0) is 36.8 Å². The molecule has 1 aromatic carbocycles. The highest BCUT2D eigenvalue weighted by Crippen LogP contribution is 2.47. The molecule has 132 valence electrons. The van der Waals surface area contributed by atoms with Crippen LogP contribution in [0, 0.1) is 11.2 Å². The zero-order valence-electron chi connectivity index (χ0n) is 14.0. The van der Waals surface area contributed by atoms with Crippen molar-refractivity contribution in [2.75, 3.05) is 32.4 Å². The predicted octanol–water partition coefficient (Wildman–Crippen LogP) is 2.05. The van der Waals surface area contributed by atoms with Crippen LogP contribution in [-0.2, 0) is 9.84 Å². The molecular formula is C17H24FN3O2S. The van der Waals surface area contributed by atoms with Crippen molar-refractivity contribution in [2.24, 2.45) is 10.4 Å². The van der Waals surface area contributed by atoms with Gasteiger partial charge in [0, 0.05) is 26.7 Å². The van der Waals surface area contributed by atoms with Gasteiger partial charge in [0.15, 0.2) is 15.8 Å². The molecule has 1 aliphatic heterocycles. The van der Waals surface area contributed by atoms with Crippen LogP contribution in [0.25, 0.3) is 0 Å². The number of likely N-dealkylation sites (tertiary alicyclic amines) is 1. The summed E-state index contributed by atoms with van der Waals surface area (Å²) < 4.78 is 38.2. The molecule has 0 amide bonds. The molecule has 1 N–H and O–H groups in total. The van der Waals surface area contributed by atoms with Gasteiger partial charge in [-0.3, -0.25) is 4.99 Å². The van der Waals surface area contributed by atoms with E-state index < -0.39 is 15.7 Å².